The minimum Gasteiger partial charge on any atom is -0.491 e. The van der Waals surface area contributed by atoms with E-state index in [0.29, 0.717) is 53.1 Å². The average molecular weight is 801 g/mol. The van der Waals surface area contributed by atoms with E-state index < -0.39 is 0 Å². The van der Waals surface area contributed by atoms with Crippen LogP contribution in [-0.2, 0) is 13.0 Å². The van der Waals surface area contributed by atoms with E-state index in [1.54, 1.807) is 31.9 Å². The quantitative estimate of drug-likeness (QED) is 0.0935. The Hall–Kier alpha value is -4.59. The summed E-state index contributed by atoms with van der Waals surface area (Å²) >= 11 is 15.1. The highest BCUT2D eigenvalue weighted by molar-refractivity contribution is 7.13. The van der Waals surface area contributed by atoms with E-state index in [9.17, 15) is 0 Å². The topological polar surface area (TPSA) is 108 Å². The zero-order valence-corrected chi connectivity index (χ0v) is 33.6. The summed E-state index contributed by atoms with van der Waals surface area (Å²) in [7, 11) is 3.73. The number of likely N-dealkylation sites (N-methyl/N-ethyl adjacent to an activating group) is 1. The molecule has 5 heterocycles. The summed E-state index contributed by atoms with van der Waals surface area (Å²) in [6.07, 6.45) is 8.06. The molecular formula is C41H43Cl2N7O4S. The molecule has 0 bridgehead atoms. The molecule has 6 aromatic rings. The molecule has 0 N–H and O–H groups in total. The molecule has 0 aliphatic carbocycles. The molecule has 1 fully saturated rings. The van der Waals surface area contributed by atoms with Crippen LogP contribution in [0, 0.1) is 6.92 Å². The average Bonchev–Trinajstić information content (AvgIpc) is 3.62. The van der Waals surface area contributed by atoms with Crippen molar-refractivity contribution in [3.05, 3.63) is 100 Å². The standard InChI is InChI=1S/C41H43Cl2N7O4S/c1-5-29(21-28-9-6-7-11-32(28)53-25-27-22-46-39(47-23-27)31-10-8-14-44-40(31)51-4)54-41-36-34(55-48-41)24-45-38(43)35(36)30-12-13-33(37(42)26(30)2)52-20-19-50-17-15-49(3)16-18-50/h6-14,22-24,29H,5,15-21,25H2,1-4H3/t29-/m0/s1. The molecule has 286 valence electrons. The van der Waals surface area contributed by atoms with Crippen LogP contribution in [0.3, 0.4) is 0 Å². The van der Waals surface area contributed by atoms with Crippen molar-refractivity contribution in [3.8, 4) is 45.8 Å². The van der Waals surface area contributed by atoms with Crippen molar-refractivity contribution in [1.29, 1.82) is 0 Å². The molecule has 2 aromatic carbocycles. The second-order valence-corrected chi connectivity index (χ2v) is 15.0. The van der Waals surface area contributed by atoms with Gasteiger partial charge in [-0.3, -0.25) is 4.90 Å². The number of piperazine rings is 1. The molecule has 0 unspecified atom stereocenters. The predicted octanol–water partition coefficient (Wildman–Crippen LogP) is 8.44. The number of pyridine rings is 2. The Balaban J connectivity index is 1.05. The lowest BCUT2D eigenvalue weighted by Gasteiger charge is -2.32. The highest BCUT2D eigenvalue weighted by atomic mass is 35.5. The first-order chi connectivity index (χ1) is 26.8. The first kappa shape index (κ1) is 38.7. The van der Waals surface area contributed by atoms with Gasteiger partial charge in [0.15, 0.2) is 5.82 Å². The molecular weight excluding hydrogens is 757 g/mol. The fraction of sp³-hybridized carbons (Fsp3) is 0.341. The summed E-state index contributed by atoms with van der Waals surface area (Å²) < 4.78 is 30.2. The molecule has 1 aliphatic rings. The Bertz CT molecular complexity index is 2230. The number of rotatable bonds is 15. The van der Waals surface area contributed by atoms with Gasteiger partial charge in [0.1, 0.15) is 36.0 Å². The molecule has 0 amide bonds. The van der Waals surface area contributed by atoms with Crippen LogP contribution in [0.2, 0.25) is 10.2 Å². The number of methoxy groups -OCH3 is 1. The van der Waals surface area contributed by atoms with Crippen LogP contribution in [0.1, 0.15) is 30.0 Å². The number of nitrogens with zero attached hydrogens (tertiary/aromatic N) is 7. The van der Waals surface area contributed by atoms with Gasteiger partial charge in [-0.25, -0.2) is 19.9 Å². The first-order valence-corrected chi connectivity index (χ1v) is 19.8. The highest BCUT2D eigenvalue weighted by Gasteiger charge is 2.24. The number of halogens is 2. The van der Waals surface area contributed by atoms with Gasteiger partial charge < -0.3 is 23.8 Å². The lowest BCUT2D eigenvalue weighted by atomic mass is 9.99. The predicted molar refractivity (Wildman–Crippen MR) is 218 cm³/mol. The minimum atomic E-state index is -0.201. The molecule has 55 heavy (non-hydrogen) atoms. The van der Waals surface area contributed by atoms with Gasteiger partial charge in [-0.05, 0) is 72.9 Å². The third kappa shape index (κ3) is 8.95. The number of hydrogen-bond acceptors (Lipinski definition) is 12. The van der Waals surface area contributed by atoms with Gasteiger partial charge in [-0.15, -0.1) is 0 Å². The van der Waals surface area contributed by atoms with E-state index in [1.165, 1.54) is 11.5 Å². The van der Waals surface area contributed by atoms with E-state index in [4.69, 9.17) is 46.5 Å². The van der Waals surface area contributed by atoms with E-state index in [-0.39, 0.29) is 6.10 Å². The fourth-order valence-electron chi connectivity index (χ4n) is 6.55. The van der Waals surface area contributed by atoms with Crippen LogP contribution in [0.4, 0.5) is 0 Å². The maximum absolute atomic E-state index is 6.95. The largest absolute Gasteiger partial charge is 0.491 e. The summed E-state index contributed by atoms with van der Waals surface area (Å²) in [5.41, 5.74) is 5.01. The first-order valence-electron chi connectivity index (χ1n) is 18.3. The molecule has 0 spiro atoms. The Morgan fingerprint density at radius 1 is 0.855 bits per heavy atom. The van der Waals surface area contributed by atoms with E-state index in [1.807, 2.05) is 49.4 Å². The Morgan fingerprint density at radius 3 is 2.44 bits per heavy atom. The van der Waals surface area contributed by atoms with Crippen LogP contribution in [-0.4, -0.2) is 93.7 Å². The normalized spacial score (nSPS) is 14.2. The van der Waals surface area contributed by atoms with Crippen LogP contribution in [0.15, 0.2) is 73.3 Å². The van der Waals surface area contributed by atoms with Crippen LogP contribution < -0.4 is 18.9 Å². The van der Waals surface area contributed by atoms with Crippen molar-refractivity contribution >= 4 is 44.8 Å². The molecule has 14 heteroatoms. The van der Waals surface area contributed by atoms with Crippen molar-refractivity contribution in [2.24, 2.45) is 0 Å². The number of benzene rings is 2. The summed E-state index contributed by atoms with van der Waals surface area (Å²) in [5, 5.41) is 1.71. The lowest BCUT2D eigenvalue weighted by molar-refractivity contribution is 0.134. The second kappa shape index (κ2) is 17.9. The third-order valence-corrected chi connectivity index (χ3v) is 11.3. The molecule has 1 aliphatic heterocycles. The van der Waals surface area contributed by atoms with Crippen molar-refractivity contribution < 1.29 is 18.9 Å². The smallest absolute Gasteiger partial charge is 0.234 e. The molecule has 0 radical (unpaired) electrons. The number of fused-ring (bicyclic) bond motifs is 1. The van der Waals surface area contributed by atoms with E-state index >= 15 is 0 Å². The van der Waals surface area contributed by atoms with Crippen molar-refractivity contribution in [2.75, 3.05) is 53.5 Å². The van der Waals surface area contributed by atoms with Crippen molar-refractivity contribution in [1.82, 2.24) is 34.1 Å². The molecule has 11 nitrogen and oxygen atoms in total. The van der Waals surface area contributed by atoms with Gasteiger partial charge in [0, 0.05) is 75.1 Å². The van der Waals surface area contributed by atoms with Crippen molar-refractivity contribution in [2.45, 2.75) is 39.4 Å². The highest BCUT2D eigenvalue weighted by Crippen LogP contribution is 2.45. The third-order valence-electron chi connectivity index (χ3n) is 9.78. The summed E-state index contributed by atoms with van der Waals surface area (Å²) in [6.45, 7) is 9.99. The zero-order valence-electron chi connectivity index (χ0n) is 31.3. The number of hydrogen-bond donors (Lipinski definition) is 0. The number of ether oxygens (including phenoxy) is 4. The summed E-state index contributed by atoms with van der Waals surface area (Å²) in [5.74, 6) is 2.92. The fourth-order valence-corrected chi connectivity index (χ4v) is 7.71. The Kier molecular flexibility index (Phi) is 12.6. The number of aromatic nitrogens is 5. The van der Waals surface area contributed by atoms with Gasteiger partial charge in [0.2, 0.25) is 11.8 Å². The van der Waals surface area contributed by atoms with Crippen LogP contribution in [0.25, 0.3) is 32.6 Å². The van der Waals surface area contributed by atoms with Crippen LogP contribution in [0.5, 0.6) is 23.3 Å². The van der Waals surface area contributed by atoms with E-state index in [2.05, 4.69) is 49.8 Å². The van der Waals surface area contributed by atoms with Crippen molar-refractivity contribution in [3.63, 3.8) is 0 Å². The van der Waals surface area contributed by atoms with Gasteiger partial charge >= 0.3 is 0 Å². The summed E-state index contributed by atoms with van der Waals surface area (Å²) in [4.78, 5) is 22.6. The maximum atomic E-state index is 6.95. The van der Waals surface area contributed by atoms with Crippen LogP contribution >= 0.6 is 34.7 Å². The Morgan fingerprint density at radius 2 is 1.65 bits per heavy atom. The lowest BCUT2D eigenvalue weighted by Crippen LogP contribution is -2.45. The SMILES string of the molecule is CC[C@@H](Cc1ccccc1OCc1cnc(-c2cccnc2OC)nc1)Oc1nsc2cnc(Cl)c(-c3ccc(OCCN4CCN(C)CC4)c(Cl)c3C)c12. The van der Waals surface area contributed by atoms with Gasteiger partial charge in [-0.2, -0.15) is 4.37 Å². The van der Waals surface area contributed by atoms with Gasteiger partial charge in [0.25, 0.3) is 0 Å². The monoisotopic (exact) mass is 799 g/mol. The maximum Gasteiger partial charge on any atom is 0.234 e. The molecule has 1 atom stereocenters. The molecule has 7 rings (SSSR count). The molecule has 1 saturated heterocycles. The second-order valence-electron chi connectivity index (χ2n) is 13.4. The van der Waals surface area contributed by atoms with E-state index in [0.717, 1.165) is 88.4 Å². The number of para-hydroxylation sites is 1. The zero-order chi connectivity index (χ0) is 38.3. The molecule has 4 aromatic heterocycles. The molecule has 0 saturated carbocycles. The van der Waals surface area contributed by atoms with Gasteiger partial charge in [-0.1, -0.05) is 54.4 Å². The summed E-state index contributed by atoms with van der Waals surface area (Å²) in [6, 6.07) is 15.6. The minimum absolute atomic E-state index is 0.201. The van der Waals surface area contributed by atoms with Gasteiger partial charge in [0.05, 0.1) is 27.8 Å². The Labute approximate surface area is 335 Å².